The summed E-state index contributed by atoms with van der Waals surface area (Å²) in [5, 5.41) is 2.68. The molecule has 0 radical (unpaired) electrons. The van der Waals surface area contributed by atoms with Crippen LogP contribution in [0.5, 0.6) is 0 Å². The van der Waals surface area contributed by atoms with Crippen molar-refractivity contribution in [3.05, 3.63) is 67.3 Å². The van der Waals surface area contributed by atoms with Crippen LogP contribution in [0.3, 0.4) is 0 Å². The average Bonchev–Trinajstić information content (AvgIpc) is 2.94. The van der Waals surface area contributed by atoms with E-state index in [9.17, 15) is 0 Å². The third kappa shape index (κ3) is 4.24. The summed E-state index contributed by atoms with van der Waals surface area (Å²) in [6, 6.07) is 13.5. The zero-order valence-electron chi connectivity index (χ0n) is 15.6. The molecule has 3 aromatic rings. The highest BCUT2D eigenvalue weighted by atomic mass is 35.5. The summed E-state index contributed by atoms with van der Waals surface area (Å²) >= 11 is 20.9. The fraction of sp³-hybridized carbons (Fsp3) is 0.300. The SMILES string of the molecule is CC(C)c1sc(=Nc2ccccc2)n(-c2c(Cl)cc(Cl)cc2Cl)[n+]1C(C)C. The van der Waals surface area contributed by atoms with Gasteiger partial charge >= 0.3 is 0 Å². The maximum atomic E-state index is 6.57. The van der Waals surface area contributed by atoms with Gasteiger partial charge in [-0.05, 0) is 49.4 Å². The monoisotopic (exact) mass is 440 g/mol. The lowest BCUT2D eigenvalue weighted by atomic mass is 10.2. The second-order valence-corrected chi connectivity index (χ2v) is 9.03. The molecule has 3 rings (SSSR count). The molecular formula is C20H21Cl3N3S+. The normalized spacial score (nSPS) is 12.4. The number of nitrogens with zero attached hydrogens (tertiary/aromatic N) is 3. The molecule has 0 saturated carbocycles. The van der Waals surface area contributed by atoms with Gasteiger partial charge in [-0.15, -0.1) is 0 Å². The Morgan fingerprint density at radius 3 is 2.07 bits per heavy atom. The van der Waals surface area contributed by atoms with Crippen molar-refractivity contribution in [3.63, 3.8) is 0 Å². The van der Waals surface area contributed by atoms with Gasteiger partial charge in [0.25, 0.3) is 9.81 Å². The Morgan fingerprint density at radius 2 is 1.56 bits per heavy atom. The van der Waals surface area contributed by atoms with Crippen LogP contribution in [0.4, 0.5) is 5.69 Å². The minimum atomic E-state index is 0.196. The number of hydrogen-bond acceptors (Lipinski definition) is 2. The van der Waals surface area contributed by atoms with Crippen molar-refractivity contribution in [3.8, 4) is 5.69 Å². The number of rotatable bonds is 4. The smallest absolute Gasteiger partial charge is 0.216 e. The lowest BCUT2D eigenvalue weighted by Gasteiger charge is -2.11. The Balaban J connectivity index is 2.43. The van der Waals surface area contributed by atoms with Crippen LogP contribution in [-0.2, 0) is 0 Å². The van der Waals surface area contributed by atoms with Gasteiger partial charge in [0.15, 0.2) is 6.04 Å². The summed E-state index contributed by atoms with van der Waals surface area (Å²) in [4.78, 5) is 5.69. The Morgan fingerprint density at radius 1 is 0.963 bits per heavy atom. The highest BCUT2D eigenvalue weighted by Crippen LogP contribution is 2.32. The first kappa shape index (κ1) is 20.4. The van der Waals surface area contributed by atoms with E-state index in [1.54, 1.807) is 23.5 Å². The van der Waals surface area contributed by atoms with Crippen LogP contribution in [0.25, 0.3) is 5.69 Å². The molecule has 0 N–H and O–H groups in total. The molecule has 1 aromatic heterocycles. The fourth-order valence-electron chi connectivity index (χ4n) is 2.87. The molecular weight excluding hydrogens is 421 g/mol. The van der Waals surface area contributed by atoms with Gasteiger partial charge in [-0.3, -0.25) is 0 Å². The van der Waals surface area contributed by atoms with Crippen LogP contribution in [0.15, 0.2) is 47.5 Å². The molecule has 2 aromatic carbocycles. The third-order valence-electron chi connectivity index (χ3n) is 3.98. The van der Waals surface area contributed by atoms with Gasteiger partial charge in [-0.25, -0.2) is 4.99 Å². The maximum absolute atomic E-state index is 6.57. The first-order valence-corrected chi connectivity index (χ1v) is 10.7. The molecule has 1 heterocycles. The van der Waals surface area contributed by atoms with E-state index in [0.29, 0.717) is 26.7 Å². The summed E-state index contributed by atoms with van der Waals surface area (Å²) in [5.74, 6) is 0.327. The predicted octanol–water partition coefficient (Wildman–Crippen LogP) is 6.72. The van der Waals surface area contributed by atoms with E-state index >= 15 is 0 Å². The quantitative estimate of drug-likeness (QED) is 0.401. The van der Waals surface area contributed by atoms with Crippen LogP contribution >= 0.6 is 46.1 Å². The molecule has 27 heavy (non-hydrogen) atoms. The summed E-state index contributed by atoms with van der Waals surface area (Å²) in [7, 11) is 0. The van der Waals surface area contributed by atoms with Crippen molar-refractivity contribution in [2.75, 3.05) is 0 Å². The highest BCUT2D eigenvalue weighted by Gasteiger charge is 2.30. The Hall–Kier alpha value is -1.33. The van der Waals surface area contributed by atoms with Gasteiger partial charge in [0.2, 0.25) is 0 Å². The second-order valence-electron chi connectivity index (χ2n) is 6.79. The van der Waals surface area contributed by atoms with E-state index in [1.165, 1.54) is 5.01 Å². The van der Waals surface area contributed by atoms with E-state index in [0.717, 1.165) is 10.5 Å². The van der Waals surface area contributed by atoms with E-state index in [2.05, 4.69) is 32.4 Å². The molecule has 0 aliphatic carbocycles. The van der Waals surface area contributed by atoms with E-state index in [4.69, 9.17) is 39.8 Å². The van der Waals surface area contributed by atoms with Crippen molar-refractivity contribution in [2.45, 2.75) is 39.7 Å². The van der Waals surface area contributed by atoms with E-state index < -0.39 is 0 Å². The standard InChI is InChI=1S/C20H21Cl3N3S/c1-12(2)19-25(13(3)4)26(18-16(22)10-14(21)11-17(18)23)20(27-19)24-15-8-6-5-7-9-15/h5-13H,1-4H3/q+1. The van der Waals surface area contributed by atoms with Crippen LogP contribution in [-0.4, -0.2) is 4.68 Å². The summed E-state index contributed by atoms with van der Waals surface area (Å²) < 4.78 is 4.22. The van der Waals surface area contributed by atoms with Crippen LogP contribution in [0.2, 0.25) is 15.1 Å². The van der Waals surface area contributed by atoms with Gasteiger partial charge in [0.05, 0.1) is 21.7 Å². The van der Waals surface area contributed by atoms with Gasteiger partial charge in [0.1, 0.15) is 5.69 Å². The van der Waals surface area contributed by atoms with E-state index in [-0.39, 0.29) is 6.04 Å². The molecule has 0 aliphatic rings. The molecule has 142 valence electrons. The predicted molar refractivity (Wildman–Crippen MR) is 115 cm³/mol. The van der Waals surface area contributed by atoms with Gasteiger partial charge in [-0.2, -0.15) is 0 Å². The van der Waals surface area contributed by atoms with Crippen molar-refractivity contribution in [1.29, 1.82) is 0 Å². The lowest BCUT2D eigenvalue weighted by Crippen LogP contribution is -2.50. The number of benzene rings is 2. The van der Waals surface area contributed by atoms with Crippen molar-refractivity contribution in [1.82, 2.24) is 4.68 Å². The summed E-state index contributed by atoms with van der Waals surface area (Å²) in [6.07, 6.45) is 0. The topological polar surface area (TPSA) is 21.2 Å². The second kappa shape index (κ2) is 8.36. The zero-order valence-corrected chi connectivity index (χ0v) is 18.7. The number of hydrogen-bond donors (Lipinski definition) is 0. The largest absolute Gasteiger partial charge is 0.267 e. The lowest BCUT2D eigenvalue weighted by molar-refractivity contribution is -0.790. The Bertz CT molecular complexity index is 998. The van der Waals surface area contributed by atoms with Crippen molar-refractivity contribution >= 4 is 51.8 Å². The average molecular weight is 442 g/mol. The molecule has 0 amide bonds. The number of para-hydroxylation sites is 1. The van der Waals surface area contributed by atoms with Crippen LogP contribution in [0, 0.1) is 0 Å². The van der Waals surface area contributed by atoms with Crippen LogP contribution in [0.1, 0.15) is 44.7 Å². The number of halogens is 3. The molecule has 7 heteroatoms. The highest BCUT2D eigenvalue weighted by molar-refractivity contribution is 7.08. The maximum Gasteiger partial charge on any atom is 0.267 e. The van der Waals surface area contributed by atoms with Gasteiger partial charge < -0.3 is 0 Å². The third-order valence-corrected chi connectivity index (χ3v) is 6.08. The number of aromatic nitrogens is 2. The van der Waals surface area contributed by atoms with Crippen LogP contribution < -0.4 is 9.48 Å². The molecule has 0 atom stereocenters. The first-order chi connectivity index (χ1) is 12.8. The van der Waals surface area contributed by atoms with Gasteiger partial charge in [-0.1, -0.05) is 76.2 Å². The van der Waals surface area contributed by atoms with Crippen molar-refractivity contribution < 1.29 is 4.68 Å². The minimum absolute atomic E-state index is 0.196. The first-order valence-electron chi connectivity index (χ1n) is 8.71. The van der Waals surface area contributed by atoms with Crippen molar-refractivity contribution in [2.24, 2.45) is 4.99 Å². The molecule has 0 unspecified atom stereocenters. The van der Waals surface area contributed by atoms with E-state index in [1.807, 2.05) is 35.0 Å². The fourth-order valence-corrected chi connectivity index (χ4v) is 5.07. The Kier molecular flexibility index (Phi) is 6.32. The Labute approximate surface area is 178 Å². The molecule has 0 spiro atoms. The minimum Gasteiger partial charge on any atom is -0.216 e. The zero-order chi connectivity index (χ0) is 19.7. The summed E-state index contributed by atoms with van der Waals surface area (Å²) in [5.41, 5.74) is 1.56. The molecule has 0 bridgehead atoms. The molecule has 3 nitrogen and oxygen atoms in total. The molecule has 0 saturated heterocycles. The summed E-state index contributed by atoms with van der Waals surface area (Å²) in [6.45, 7) is 8.62. The molecule has 0 fully saturated rings. The molecule has 0 aliphatic heterocycles. The van der Waals surface area contributed by atoms with Gasteiger partial charge in [0, 0.05) is 5.02 Å².